The molecule has 1 heterocycles. The van der Waals surface area contributed by atoms with Crippen LogP contribution < -0.4 is 0 Å². The molecule has 0 saturated heterocycles. The molecule has 2 aliphatic rings. The van der Waals surface area contributed by atoms with E-state index in [-0.39, 0.29) is 17.3 Å². The van der Waals surface area contributed by atoms with Crippen LogP contribution in [0.5, 0.6) is 0 Å². The Morgan fingerprint density at radius 2 is 1.64 bits per heavy atom. The number of benzene rings is 1. The molecule has 2 N–H and O–H groups in total. The van der Waals surface area contributed by atoms with Crippen molar-refractivity contribution >= 4 is 0 Å². The van der Waals surface area contributed by atoms with Crippen LogP contribution in [0.25, 0.3) is 0 Å². The molecule has 6 heteroatoms. The number of aliphatic hydroxyl groups is 2. The fraction of sp³-hybridized carbons (Fsp3) is 0.593. The van der Waals surface area contributed by atoms with Crippen molar-refractivity contribution in [1.82, 2.24) is 4.98 Å². The molecule has 33 heavy (non-hydrogen) atoms. The van der Waals surface area contributed by atoms with Crippen molar-refractivity contribution in [3.8, 4) is 0 Å². The summed E-state index contributed by atoms with van der Waals surface area (Å²) in [6.07, 6.45) is -0.647. The van der Waals surface area contributed by atoms with Crippen molar-refractivity contribution in [2.45, 2.75) is 96.4 Å². The summed E-state index contributed by atoms with van der Waals surface area (Å²) in [5.74, 6) is 0.242. The van der Waals surface area contributed by atoms with E-state index in [0.717, 1.165) is 66.8 Å². The SMILES string of the molecule is CC(C)c1nc2c(c(C3CCCC3)c1[C@@H](O)c1ccc(C(F)(F)F)cc1)[C@@H](O)CC(C)(C)C2. The Bertz CT molecular complexity index is 1010. The summed E-state index contributed by atoms with van der Waals surface area (Å²) in [7, 11) is 0. The molecule has 1 aromatic heterocycles. The Kier molecular flexibility index (Phi) is 6.38. The predicted octanol–water partition coefficient (Wildman–Crippen LogP) is 6.97. The minimum atomic E-state index is -4.42. The van der Waals surface area contributed by atoms with Crippen molar-refractivity contribution < 1.29 is 23.4 Å². The maximum Gasteiger partial charge on any atom is 0.416 e. The van der Waals surface area contributed by atoms with Gasteiger partial charge in [-0.05, 0) is 66.2 Å². The van der Waals surface area contributed by atoms with E-state index >= 15 is 0 Å². The van der Waals surface area contributed by atoms with E-state index in [0.29, 0.717) is 17.5 Å². The van der Waals surface area contributed by atoms with E-state index in [2.05, 4.69) is 13.8 Å². The second-order valence-corrected chi connectivity index (χ2v) is 10.9. The molecule has 2 atom stereocenters. The molecule has 0 radical (unpaired) electrons. The first kappa shape index (κ1) is 24.2. The predicted molar refractivity (Wildman–Crippen MR) is 122 cm³/mol. The van der Waals surface area contributed by atoms with Crippen LogP contribution in [0.2, 0.25) is 0 Å². The maximum atomic E-state index is 13.1. The zero-order valence-corrected chi connectivity index (χ0v) is 19.8. The van der Waals surface area contributed by atoms with Crippen LogP contribution in [0.1, 0.15) is 123 Å². The van der Waals surface area contributed by atoms with Crippen LogP contribution in [0.3, 0.4) is 0 Å². The Balaban J connectivity index is 1.92. The third kappa shape index (κ3) is 4.69. The summed E-state index contributed by atoms with van der Waals surface area (Å²) in [6.45, 7) is 8.33. The highest BCUT2D eigenvalue weighted by atomic mass is 19.4. The van der Waals surface area contributed by atoms with Crippen molar-refractivity contribution in [1.29, 1.82) is 0 Å². The molecule has 0 unspecified atom stereocenters. The Labute approximate surface area is 194 Å². The Hall–Kier alpha value is -1.92. The maximum absolute atomic E-state index is 13.1. The fourth-order valence-corrected chi connectivity index (χ4v) is 5.76. The molecule has 0 bridgehead atoms. The van der Waals surface area contributed by atoms with Gasteiger partial charge in [0.2, 0.25) is 0 Å². The molecule has 1 aromatic carbocycles. The lowest BCUT2D eigenvalue weighted by atomic mass is 9.70. The number of hydrogen-bond donors (Lipinski definition) is 2. The van der Waals surface area contributed by atoms with Crippen molar-refractivity contribution in [3.63, 3.8) is 0 Å². The quantitative estimate of drug-likeness (QED) is 0.517. The van der Waals surface area contributed by atoms with Gasteiger partial charge in [0, 0.05) is 22.5 Å². The van der Waals surface area contributed by atoms with Crippen LogP contribution in [-0.2, 0) is 12.6 Å². The molecule has 1 fully saturated rings. The average molecular weight is 462 g/mol. The highest BCUT2D eigenvalue weighted by Gasteiger charge is 2.39. The van der Waals surface area contributed by atoms with Gasteiger partial charge in [-0.2, -0.15) is 13.2 Å². The lowest BCUT2D eigenvalue weighted by Crippen LogP contribution is -2.30. The van der Waals surface area contributed by atoms with Gasteiger partial charge < -0.3 is 10.2 Å². The lowest BCUT2D eigenvalue weighted by Gasteiger charge is -2.38. The molecule has 3 nitrogen and oxygen atoms in total. The normalized spacial score (nSPS) is 21.9. The summed E-state index contributed by atoms with van der Waals surface area (Å²) in [6, 6.07) is 4.75. The van der Waals surface area contributed by atoms with E-state index < -0.39 is 23.9 Å². The highest BCUT2D eigenvalue weighted by molar-refractivity contribution is 5.50. The molecule has 180 valence electrons. The van der Waals surface area contributed by atoms with Crippen molar-refractivity contribution in [2.75, 3.05) is 0 Å². The molecular formula is C27H34F3NO2. The number of pyridine rings is 1. The molecule has 0 spiro atoms. The van der Waals surface area contributed by atoms with Gasteiger partial charge in [-0.3, -0.25) is 4.98 Å². The summed E-state index contributed by atoms with van der Waals surface area (Å²) in [5.41, 5.74) is 3.84. The highest BCUT2D eigenvalue weighted by Crippen LogP contribution is 2.50. The monoisotopic (exact) mass is 461 g/mol. The minimum absolute atomic E-state index is 0.0248. The zero-order chi connectivity index (χ0) is 24.1. The summed E-state index contributed by atoms with van der Waals surface area (Å²) >= 11 is 0. The molecular weight excluding hydrogens is 427 g/mol. The number of hydrogen-bond acceptors (Lipinski definition) is 3. The topological polar surface area (TPSA) is 53.4 Å². The second kappa shape index (κ2) is 8.70. The number of alkyl halides is 3. The number of rotatable bonds is 4. The minimum Gasteiger partial charge on any atom is -0.388 e. The first-order valence-corrected chi connectivity index (χ1v) is 12.0. The van der Waals surface area contributed by atoms with Gasteiger partial charge in [0.25, 0.3) is 0 Å². The third-order valence-corrected chi connectivity index (χ3v) is 7.29. The number of aromatic nitrogens is 1. The number of fused-ring (bicyclic) bond motifs is 1. The van der Waals surface area contributed by atoms with Gasteiger partial charge in [0.15, 0.2) is 0 Å². The van der Waals surface area contributed by atoms with E-state index in [1.165, 1.54) is 12.1 Å². The van der Waals surface area contributed by atoms with Gasteiger partial charge in [0.05, 0.1) is 11.7 Å². The fourth-order valence-electron chi connectivity index (χ4n) is 5.76. The van der Waals surface area contributed by atoms with Crippen LogP contribution in [0, 0.1) is 5.41 Å². The molecule has 0 amide bonds. The molecule has 2 aliphatic carbocycles. The Morgan fingerprint density at radius 3 is 2.18 bits per heavy atom. The van der Waals surface area contributed by atoms with Crippen LogP contribution in [0.4, 0.5) is 13.2 Å². The Morgan fingerprint density at radius 1 is 1.03 bits per heavy atom. The second-order valence-electron chi connectivity index (χ2n) is 10.9. The first-order valence-electron chi connectivity index (χ1n) is 12.0. The van der Waals surface area contributed by atoms with Gasteiger partial charge in [-0.25, -0.2) is 0 Å². The first-order chi connectivity index (χ1) is 15.4. The average Bonchev–Trinajstić information content (AvgIpc) is 3.25. The van der Waals surface area contributed by atoms with E-state index in [4.69, 9.17) is 4.98 Å². The van der Waals surface area contributed by atoms with E-state index in [1.54, 1.807) is 0 Å². The smallest absolute Gasteiger partial charge is 0.388 e. The van der Waals surface area contributed by atoms with Gasteiger partial charge in [-0.1, -0.05) is 52.7 Å². The lowest BCUT2D eigenvalue weighted by molar-refractivity contribution is -0.137. The van der Waals surface area contributed by atoms with E-state index in [9.17, 15) is 23.4 Å². The van der Waals surface area contributed by atoms with Crippen LogP contribution in [-0.4, -0.2) is 15.2 Å². The van der Waals surface area contributed by atoms with Gasteiger partial charge in [0.1, 0.15) is 6.10 Å². The van der Waals surface area contributed by atoms with E-state index in [1.807, 2.05) is 13.8 Å². The largest absolute Gasteiger partial charge is 0.416 e. The van der Waals surface area contributed by atoms with Crippen molar-refractivity contribution in [3.05, 3.63) is 63.5 Å². The summed E-state index contributed by atoms with van der Waals surface area (Å²) in [4.78, 5) is 4.99. The number of aliphatic hydroxyl groups excluding tert-OH is 2. The molecule has 1 saturated carbocycles. The van der Waals surface area contributed by atoms with Gasteiger partial charge in [-0.15, -0.1) is 0 Å². The van der Waals surface area contributed by atoms with Crippen molar-refractivity contribution in [2.24, 2.45) is 5.41 Å². The standard InChI is InChI=1S/C27H34F3NO2/c1-15(2)24-23(25(33)17-9-11-18(12-10-17)27(28,29)30)21(16-7-5-6-8-16)22-19(31-24)13-26(3,4)14-20(22)32/h9-12,15-16,20,25,32-33H,5-8,13-14H2,1-4H3/t20-,25-/m0/s1. The molecule has 4 rings (SSSR count). The van der Waals surface area contributed by atoms with Crippen LogP contribution >= 0.6 is 0 Å². The van der Waals surface area contributed by atoms with Gasteiger partial charge >= 0.3 is 6.18 Å². The van der Waals surface area contributed by atoms with Crippen LogP contribution in [0.15, 0.2) is 24.3 Å². The number of halogens is 3. The zero-order valence-electron chi connectivity index (χ0n) is 19.8. The molecule has 0 aliphatic heterocycles. The summed E-state index contributed by atoms with van der Waals surface area (Å²) in [5, 5.41) is 22.8. The third-order valence-electron chi connectivity index (χ3n) is 7.29. The number of nitrogens with zero attached hydrogens (tertiary/aromatic N) is 1. The summed E-state index contributed by atoms with van der Waals surface area (Å²) < 4.78 is 39.2. The molecule has 2 aromatic rings.